The number of halogens is 3. The summed E-state index contributed by atoms with van der Waals surface area (Å²) in [7, 11) is 0. The van der Waals surface area contributed by atoms with E-state index in [1.165, 1.54) is 43.7 Å². The Balaban J connectivity index is 1.83. The van der Waals surface area contributed by atoms with Crippen LogP contribution in [0.4, 0.5) is 13.2 Å². The van der Waals surface area contributed by atoms with Gasteiger partial charge < -0.3 is 14.2 Å². The average Bonchev–Trinajstić information content (AvgIpc) is 2.88. The fourth-order valence-electron chi connectivity index (χ4n) is 3.54. The number of nitrogens with zero attached hydrogens (tertiary/aromatic N) is 2. The van der Waals surface area contributed by atoms with Gasteiger partial charge in [-0.1, -0.05) is 70.2 Å². The highest BCUT2D eigenvalue weighted by Crippen LogP contribution is 2.25. The SMILES string of the molecule is CCCCCCCCc1ccc(-c2ccc(OCC(OC(=O)CCOC(C)CC)C(F)(F)F)nn2)cc1. The molecule has 9 heteroatoms. The molecule has 2 rings (SSSR count). The summed E-state index contributed by atoms with van der Waals surface area (Å²) in [6, 6.07) is 11.1. The largest absolute Gasteiger partial charge is 0.472 e. The Bertz CT molecular complexity index is 905. The van der Waals surface area contributed by atoms with Crippen LogP contribution in [0.15, 0.2) is 36.4 Å². The van der Waals surface area contributed by atoms with E-state index in [1.54, 1.807) is 6.07 Å². The molecule has 1 heterocycles. The first kappa shape index (κ1) is 30.5. The molecule has 0 N–H and O–H groups in total. The minimum absolute atomic E-state index is 0.00770. The molecule has 0 saturated carbocycles. The third kappa shape index (κ3) is 11.9. The van der Waals surface area contributed by atoms with Crippen LogP contribution >= 0.6 is 0 Å². The molecular formula is C28H39F3N2O4. The van der Waals surface area contributed by atoms with Crippen molar-refractivity contribution in [3.05, 3.63) is 42.0 Å². The first-order valence-corrected chi connectivity index (χ1v) is 13.2. The summed E-state index contributed by atoms with van der Waals surface area (Å²) in [5.41, 5.74) is 2.69. The van der Waals surface area contributed by atoms with Crippen LogP contribution in [0.5, 0.6) is 5.88 Å². The summed E-state index contributed by atoms with van der Waals surface area (Å²) in [5, 5.41) is 7.94. The minimum atomic E-state index is -4.78. The molecule has 37 heavy (non-hydrogen) atoms. The Kier molecular flexibility index (Phi) is 13.4. The number of ether oxygens (including phenoxy) is 3. The smallest absolute Gasteiger partial charge is 0.428 e. The Morgan fingerprint density at radius 3 is 2.27 bits per heavy atom. The monoisotopic (exact) mass is 524 g/mol. The molecule has 1 aromatic heterocycles. The lowest BCUT2D eigenvalue weighted by molar-refractivity contribution is -0.227. The van der Waals surface area contributed by atoms with E-state index >= 15 is 0 Å². The van der Waals surface area contributed by atoms with Gasteiger partial charge in [-0.2, -0.15) is 13.2 Å². The van der Waals surface area contributed by atoms with Gasteiger partial charge in [0.15, 0.2) is 0 Å². The van der Waals surface area contributed by atoms with E-state index in [0.717, 1.165) is 24.8 Å². The molecule has 206 valence electrons. The van der Waals surface area contributed by atoms with Gasteiger partial charge in [-0.15, -0.1) is 10.2 Å². The van der Waals surface area contributed by atoms with Gasteiger partial charge in [0.2, 0.25) is 12.0 Å². The van der Waals surface area contributed by atoms with E-state index in [-0.39, 0.29) is 25.0 Å². The number of rotatable bonds is 17. The molecule has 2 unspecified atom stereocenters. The van der Waals surface area contributed by atoms with Crippen molar-refractivity contribution in [1.29, 1.82) is 0 Å². The van der Waals surface area contributed by atoms with Gasteiger partial charge in [-0.25, -0.2) is 0 Å². The Morgan fingerprint density at radius 1 is 0.946 bits per heavy atom. The third-order valence-electron chi connectivity index (χ3n) is 6.01. The van der Waals surface area contributed by atoms with Crippen molar-refractivity contribution in [2.75, 3.05) is 13.2 Å². The van der Waals surface area contributed by atoms with Crippen molar-refractivity contribution in [1.82, 2.24) is 10.2 Å². The van der Waals surface area contributed by atoms with Gasteiger partial charge in [0.25, 0.3) is 0 Å². The molecular weight excluding hydrogens is 485 g/mol. The molecule has 0 aliphatic heterocycles. The minimum Gasteiger partial charge on any atom is -0.472 e. The summed E-state index contributed by atoms with van der Waals surface area (Å²) in [5.74, 6) is -1.09. The second-order valence-electron chi connectivity index (χ2n) is 9.14. The van der Waals surface area contributed by atoms with Crippen LogP contribution in [0.1, 0.15) is 77.7 Å². The first-order valence-electron chi connectivity index (χ1n) is 13.2. The van der Waals surface area contributed by atoms with E-state index in [9.17, 15) is 18.0 Å². The van der Waals surface area contributed by atoms with E-state index in [4.69, 9.17) is 9.47 Å². The molecule has 0 spiro atoms. The number of carbonyl (C=O) groups is 1. The van der Waals surface area contributed by atoms with E-state index in [1.807, 2.05) is 26.0 Å². The number of aryl methyl sites for hydroxylation is 1. The van der Waals surface area contributed by atoms with Gasteiger partial charge in [-0.05, 0) is 37.8 Å². The Hall–Kier alpha value is -2.68. The van der Waals surface area contributed by atoms with E-state index in [2.05, 4.69) is 34.0 Å². The zero-order chi connectivity index (χ0) is 27.1. The summed E-state index contributed by atoms with van der Waals surface area (Å²) < 4.78 is 55.0. The standard InChI is InChI=1S/C28H39F3N2O4/c1-4-6-7-8-9-10-11-22-12-14-23(15-13-22)24-16-17-26(33-32-24)36-20-25(28(29,30)31)37-27(34)18-19-35-21(3)5-2/h12-17,21,25H,4-11,18-20H2,1-3H3. The second-order valence-corrected chi connectivity index (χ2v) is 9.14. The average molecular weight is 525 g/mol. The van der Waals surface area contributed by atoms with Crippen LogP contribution in [-0.2, 0) is 20.7 Å². The number of esters is 1. The fraction of sp³-hybridized carbons (Fsp3) is 0.607. The zero-order valence-corrected chi connectivity index (χ0v) is 22.1. The molecule has 0 aliphatic carbocycles. The topological polar surface area (TPSA) is 70.5 Å². The van der Waals surface area contributed by atoms with E-state index < -0.39 is 24.9 Å². The predicted octanol–water partition coefficient (Wildman–Crippen LogP) is 7.10. The molecule has 0 saturated heterocycles. The lowest BCUT2D eigenvalue weighted by Gasteiger charge is -2.21. The fourth-order valence-corrected chi connectivity index (χ4v) is 3.54. The number of alkyl halides is 3. The van der Waals surface area contributed by atoms with Crippen molar-refractivity contribution in [2.24, 2.45) is 0 Å². The lowest BCUT2D eigenvalue weighted by atomic mass is 10.0. The van der Waals surface area contributed by atoms with Crippen LogP contribution < -0.4 is 4.74 Å². The molecule has 0 fully saturated rings. The number of aromatic nitrogens is 2. The quantitative estimate of drug-likeness (QED) is 0.162. The van der Waals surface area contributed by atoms with Gasteiger partial charge in [0.1, 0.15) is 6.61 Å². The van der Waals surface area contributed by atoms with Crippen molar-refractivity contribution >= 4 is 5.97 Å². The maximum atomic E-state index is 13.3. The number of hydrogen-bond acceptors (Lipinski definition) is 6. The van der Waals surface area contributed by atoms with Crippen LogP contribution in [-0.4, -0.2) is 47.8 Å². The van der Waals surface area contributed by atoms with Gasteiger partial charge in [0, 0.05) is 11.6 Å². The molecule has 1 aromatic carbocycles. The number of benzene rings is 1. The summed E-state index contributed by atoms with van der Waals surface area (Å²) in [6.45, 7) is 5.01. The molecule has 2 aromatic rings. The molecule has 0 bridgehead atoms. The first-order chi connectivity index (χ1) is 17.7. The van der Waals surface area contributed by atoms with Crippen molar-refractivity contribution in [3.8, 4) is 17.1 Å². The Labute approximate surface area is 217 Å². The van der Waals surface area contributed by atoms with Crippen LogP contribution in [0, 0.1) is 0 Å². The summed E-state index contributed by atoms with van der Waals surface area (Å²) in [4.78, 5) is 11.8. The number of unbranched alkanes of at least 4 members (excludes halogenated alkanes) is 5. The van der Waals surface area contributed by atoms with Crippen LogP contribution in [0.25, 0.3) is 11.3 Å². The zero-order valence-electron chi connectivity index (χ0n) is 22.1. The highest BCUT2D eigenvalue weighted by atomic mass is 19.4. The van der Waals surface area contributed by atoms with Crippen molar-refractivity contribution in [2.45, 2.75) is 96.9 Å². The van der Waals surface area contributed by atoms with Gasteiger partial charge in [0.05, 0.1) is 24.8 Å². The highest BCUT2D eigenvalue weighted by molar-refractivity contribution is 5.69. The lowest BCUT2D eigenvalue weighted by Crippen LogP contribution is -2.39. The highest BCUT2D eigenvalue weighted by Gasteiger charge is 2.43. The molecule has 2 atom stereocenters. The second kappa shape index (κ2) is 16.2. The van der Waals surface area contributed by atoms with Crippen LogP contribution in [0.2, 0.25) is 0 Å². The van der Waals surface area contributed by atoms with E-state index in [0.29, 0.717) is 5.69 Å². The molecule has 0 amide bonds. The normalized spacial score (nSPS) is 13.2. The maximum Gasteiger partial charge on any atom is 0.428 e. The van der Waals surface area contributed by atoms with Crippen molar-refractivity contribution in [3.63, 3.8) is 0 Å². The molecule has 6 nitrogen and oxygen atoms in total. The predicted molar refractivity (Wildman–Crippen MR) is 136 cm³/mol. The third-order valence-corrected chi connectivity index (χ3v) is 6.01. The Morgan fingerprint density at radius 2 is 1.65 bits per heavy atom. The molecule has 0 aliphatic rings. The van der Waals surface area contributed by atoms with Gasteiger partial charge in [-0.3, -0.25) is 4.79 Å². The van der Waals surface area contributed by atoms with Gasteiger partial charge >= 0.3 is 12.1 Å². The van der Waals surface area contributed by atoms with Crippen molar-refractivity contribution < 1.29 is 32.2 Å². The summed E-state index contributed by atoms with van der Waals surface area (Å²) in [6.07, 6.45) is 1.72. The molecule has 0 radical (unpaired) electrons. The number of hydrogen-bond donors (Lipinski definition) is 0. The number of carbonyl (C=O) groups excluding carboxylic acids is 1. The maximum absolute atomic E-state index is 13.3. The summed E-state index contributed by atoms with van der Waals surface area (Å²) >= 11 is 0. The van der Waals surface area contributed by atoms with Crippen LogP contribution in [0.3, 0.4) is 0 Å².